The van der Waals surface area contributed by atoms with Gasteiger partial charge in [-0.05, 0) is 31.2 Å². The van der Waals surface area contributed by atoms with Crippen LogP contribution in [0.25, 0.3) is 0 Å². The van der Waals surface area contributed by atoms with Crippen LogP contribution in [-0.4, -0.2) is 29.4 Å². The van der Waals surface area contributed by atoms with E-state index >= 15 is 0 Å². The summed E-state index contributed by atoms with van der Waals surface area (Å²) in [4.78, 5) is 18.1. The first-order valence-electron chi connectivity index (χ1n) is 6.17. The largest absolute Gasteiger partial charge is 0.385 e. The Labute approximate surface area is 117 Å². The molecule has 0 unspecified atom stereocenters. The van der Waals surface area contributed by atoms with Gasteiger partial charge in [0.25, 0.3) is 5.91 Å². The van der Waals surface area contributed by atoms with E-state index in [1.807, 2.05) is 36.6 Å². The SMILES string of the molecule is CCNc1ccc(C(=O)N(C)Cc2cscn2)cc1. The van der Waals surface area contributed by atoms with E-state index < -0.39 is 0 Å². The van der Waals surface area contributed by atoms with Crippen molar-refractivity contribution in [1.82, 2.24) is 9.88 Å². The lowest BCUT2D eigenvalue weighted by molar-refractivity contribution is 0.0783. The van der Waals surface area contributed by atoms with Crippen molar-refractivity contribution in [2.75, 3.05) is 18.9 Å². The summed E-state index contributed by atoms with van der Waals surface area (Å²) in [5.41, 5.74) is 4.42. The third-order valence-electron chi connectivity index (χ3n) is 2.74. The Balaban J connectivity index is 2.02. The van der Waals surface area contributed by atoms with Gasteiger partial charge in [0.1, 0.15) is 0 Å². The number of nitrogens with one attached hydrogen (secondary N) is 1. The first-order chi connectivity index (χ1) is 9.20. The molecule has 0 fully saturated rings. The Morgan fingerprint density at radius 2 is 2.11 bits per heavy atom. The van der Waals surface area contributed by atoms with Crippen LogP contribution < -0.4 is 5.32 Å². The molecule has 1 aromatic heterocycles. The number of rotatable bonds is 5. The molecule has 19 heavy (non-hydrogen) atoms. The molecular weight excluding hydrogens is 258 g/mol. The van der Waals surface area contributed by atoms with Crippen LogP contribution in [0.1, 0.15) is 23.0 Å². The van der Waals surface area contributed by atoms with Crippen LogP contribution in [0.15, 0.2) is 35.2 Å². The molecule has 0 aliphatic rings. The molecule has 0 atom stereocenters. The normalized spacial score (nSPS) is 10.2. The van der Waals surface area contributed by atoms with Gasteiger partial charge < -0.3 is 10.2 Å². The van der Waals surface area contributed by atoms with Gasteiger partial charge in [0.2, 0.25) is 0 Å². The molecule has 0 saturated heterocycles. The van der Waals surface area contributed by atoms with Crippen LogP contribution in [-0.2, 0) is 6.54 Å². The van der Waals surface area contributed by atoms with Gasteiger partial charge in [-0.3, -0.25) is 4.79 Å². The highest BCUT2D eigenvalue weighted by Gasteiger charge is 2.12. The van der Waals surface area contributed by atoms with Crippen molar-refractivity contribution >= 4 is 22.9 Å². The zero-order valence-electron chi connectivity index (χ0n) is 11.1. The Morgan fingerprint density at radius 1 is 1.37 bits per heavy atom. The van der Waals surface area contributed by atoms with Crippen LogP contribution in [0.4, 0.5) is 5.69 Å². The van der Waals surface area contributed by atoms with Gasteiger partial charge in [-0.2, -0.15) is 0 Å². The lowest BCUT2D eigenvalue weighted by Gasteiger charge is -2.16. The van der Waals surface area contributed by atoms with E-state index in [1.54, 1.807) is 17.5 Å². The Hall–Kier alpha value is -1.88. The van der Waals surface area contributed by atoms with E-state index in [9.17, 15) is 4.79 Å². The Bertz CT molecular complexity index is 522. The maximum absolute atomic E-state index is 12.2. The zero-order chi connectivity index (χ0) is 13.7. The summed E-state index contributed by atoms with van der Waals surface area (Å²) in [6, 6.07) is 7.54. The molecule has 0 bridgehead atoms. The number of aromatic nitrogens is 1. The van der Waals surface area contributed by atoms with E-state index in [4.69, 9.17) is 0 Å². The van der Waals surface area contributed by atoms with Crippen molar-refractivity contribution in [2.24, 2.45) is 0 Å². The second kappa shape index (κ2) is 6.33. The van der Waals surface area contributed by atoms with E-state index in [1.165, 1.54) is 11.3 Å². The van der Waals surface area contributed by atoms with Crippen molar-refractivity contribution in [3.05, 3.63) is 46.4 Å². The summed E-state index contributed by atoms with van der Waals surface area (Å²) in [6.07, 6.45) is 0. The van der Waals surface area contributed by atoms with E-state index in [2.05, 4.69) is 10.3 Å². The van der Waals surface area contributed by atoms with Crippen LogP contribution in [0.2, 0.25) is 0 Å². The number of hydrogen-bond donors (Lipinski definition) is 1. The standard InChI is InChI=1S/C14H17N3OS/c1-3-15-12-6-4-11(5-7-12)14(18)17(2)8-13-9-19-10-16-13/h4-7,9-10,15H,3,8H2,1-2H3. The van der Waals surface area contributed by atoms with Crippen LogP contribution >= 0.6 is 11.3 Å². The monoisotopic (exact) mass is 275 g/mol. The number of anilines is 1. The van der Waals surface area contributed by atoms with Crippen molar-refractivity contribution in [3.8, 4) is 0 Å². The lowest BCUT2D eigenvalue weighted by Crippen LogP contribution is -2.26. The molecule has 5 heteroatoms. The third-order valence-corrected chi connectivity index (χ3v) is 3.38. The maximum Gasteiger partial charge on any atom is 0.253 e. The highest BCUT2D eigenvalue weighted by molar-refractivity contribution is 7.07. The Kier molecular flexibility index (Phi) is 4.52. The fraction of sp³-hybridized carbons (Fsp3) is 0.286. The first kappa shape index (κ1) is 13.5. The fourth-order valence-corrected chi connectivity index (χ4v) is 2.34. The predicted molar refractivity (Wildman–Crippen MR) is 78.5 cm³/mol. The van der Waals surface area contributed by atoms with E-state index in [0.717, 1.165) is 17.9 Å². The number of carbonyl (C=O) groups excluding carboxylic acids is 1. The molecule has 2 rings (SSSR count). The summed E-state index contributed by atoms with van der Waals surface area (Å²) in [5, 5.41) is 5.16. The number of benzene rings is 1. The maximum atomic E-state index is 12.2. The van der Waals surface area contributed by atoms with Crippen molar-refractivity contribution in [2.45, 2.75) is 13.5 Å². The average Bonchev–Trinajstić information content (AvgIpc) is 2.92. The molecule has 1 amide bonds. The minimum absolute atomic E-state index is 0.0102. The molecule has 2 aromatic rings. The number of nitrogens with zero attached hydrogens (tertiary/aromatic N) is 2. The molecule has 0 radical (unpaired) electrons. The molecule has 1 heterocycles. The van der Waals surface area contributed by atoms with E-state index in [0.29, 0.717) is 12.1 Å². The summed E-state index contributed by atoms with van der Waals surface area (Å²) in [7, 11) is 1.79. The third kappa shape index (κ3) is 3.54. The summed E-state index contributed by atoms with van der Waals surface area (Å²) < 4.78 is 0. The lowest BCUT2D eigenvalue weighted by atomic mass is 10.2. The van der Waals surface area contributed by atoms with Crippen molar-refractivity contribution in [3.63, 3.8) is 0 Å². The minimum Gasteiger partial charge on any atom is -0.385 e. The van der Waals surface area contributed by atoms with E-state index in [-0.39, 0.29) is 5.91 Å². The Morgan fingerprint density at radius 3 is 2.68 bits per heavy atom. The van der Waals surface area contributed by atoms with Crippen LogP contribution in [0.3, 0.4) is 0 Å². The molecule has 0 saturated carbocycles. The summed E-state index contributed by atoms with van der Waals surface area (Å²) >= 11 is 1.54. The molecule has 0 spiro atoms. The minimum atomic E-state index is 0.0102. The van der Waals surface area contributed by atoms with Crippen molar-refractivity contribution < 1.29 is 4.79 Å². The second-order valence-corrected chi connectivity index (χ2v) is 4.97. The number of thiazole rings is 1. The predicted octanol–water partition coefficient (Wildman–Crippen LogP) is 2.85. The molecule has 100 valence electrons. The number of carbonyl (C=O) groups is 1. The van der Waals surface area contributed by atoms with Gasteiger partial charge in [-0.25, -0.2) is 4.98 Å². The van der Waals surface area contributed by atoms with Crippen LogP contribution in [0.5, 0.6) is 0 Å². The number of amides is 1. The molecular formula is C14H17N3OS. The average molecular weight is 275 g/mol. The van der Waals surface area contributed by atoms with Crippen molar-refractivity contribution in [1.29, 1.82) is 0 Å². The zero-order valence-corrected chi connectivity index (χ0v) is 11.9. The first-order valence-corrected chi connectivity index (χ1v) is 7.11. The smallest absolute Gasteiger partial charge is 0.253 e. The van der Waals surface area contributed by atoms with Gasteiger partial charge >= 0.3 is 0 Å². The second-order valence-electron chi connectivity index (χ2n) is 4.25. The van der Waals surface area contributed by atoms with Gasteiger partial charge in [0, 0.05) is 30.2 Å². The topological polar surface area (TPSA) is 45.2 Å². The highest BCUT2D eigenvalue weighted by Crippen LogP contribution is 2.12. The summed E-state index contributed by atoms with van der Waals surface area (Å²) in [6.45, 7) is 3.45. The van der Waals surface area contributed by atoms with Gasteiger partial charge in [0.05, 0.1) is 17.7 Å². The quantitative estimate of drug-likeness (QED) is 0.912. The van der Waals surface area contributed by atoms with Gasteiger partial charge in [-0.1, -0.05) is 0 Å². The van der Waals surface area contributed by atoms with Gasteiger partial charge in [-0.15, -0.1) is 11.3 Å². The van der Waals surface area contributed by atoms with Crippen LogP contribution in [0, 0.1) is 0 Å². The molecule has 1 aromatic carbocycles. The molecule has 4 nitrogen and oxygen atoms in total. The summed E-state index contributed by atoms with van der Waals surface area (Å²) in [5.74, 6) is 0.0102. The molecule has 1 N–H and O–H groups in total. The molecule has 0 aliphatic carbocycles. The molecule has 0 aliphatic heterocycles. The number of hydrogen-bond acceptors (Lipinski definition) is 4. The highest BCUT2D eigenvalue weighted by atomic mass is 32.1. The van der Waals surface area contributed by atoms with Gasteiger partial charge in [0.15, 0.2) is 0 Å². The fourth-order valence-electron chi connectivity index (χ4n) is 1.79.